The van der Waals surface area contributed by atoms with Gasteiger partial charge in [0, 0.05) is 11.3 Å². The number of hydrogen-bond acceptors (Lipinski definition) is 3. The summed E-state index contributed by atoms with van der Waals surface area (Å²) in [6.07, 6.45) is 0.660. The summed E-state index contributed by atoms with van der Waals surface area (Å²) in [6.45, 7) is 2.06. The topological polar surface area (TPSA) is 54.4 Å². The van der Waals surface area contributed by atoms with Crippen LogP contribution in [0.5, 0.6) is 0 Å². The van der Waals surface area contributed by atoms with Gasteiger partial charge in [0.05, 0.1) is 6.42 Å². The molecule has 0 unspecified atom stereocenters. The molecule has 3 nitrogen and oxygen atoms in total. The van der Waals surface area contributed by atoms with E-state index in [1.165, 1.54) is 5.56 Å². The highest BCUT2D eigenvalue weighted by Crippen LogP contribution is 2.05. The molecule has 1 N–H and O–H groups in total. The molecule has 0 radical (unpaired) electrons. The Labute approximate surface area is 94.5 Å². The molecule has 0 aliphatic rings. The standard InChI is InChI=1S/C7H8S.C4H6O3/c1-6-2-4-7(8)5-3-6;5-3-1-2-4(6)7/h2-5,8H,1H3;3H,1-2H2,(H,6,7). The molecule has 0 aliphatic carbocycles. The van der Waals surface area contributed by atoms with Crippen molar-refractivity contribution in [1.82, 2.24) is 0 Å². The van der Waals surface area contributed by atoms with Crippen LogP contribution in [0.25, 0.3) is 0 Å². The van der Waals surface area contributed by atoms with Crippen LogP contribution in [0, 0.1) is 6.92 Å². The van der Waals surface area contributed by atoms with Crippen molar-refractivity contribution in [2.45, 2.75) is 24.7 Å². The van der Waals surface area contributed by atoms with Crippen molar-refractivity contribution >= 4 is 24.9 Å². The largest absolute Gasteiger partial charge is 0.481 e. The van der Waals surface area contributed by atoms with E-state index < -0.39 is 5.97 Å². The number of aldehydes is 1. The van der Waals surface area contributed by atoms with Crippen molar-refractivity contribution in [2.75, 3.05) is 0 Å². The van der Waals surface area contributed by atoms with Crippen molar-refractivity contribution in [2.24, 2.45) is 0 Å². The molecule has 1 rings (SSSR count). The first kappa shape index (κ1) is 13.7. The highest BCUT2D eigenvalue weighted by atomic mass is 32.1. The number of benzene rings is 1. The SMILES string of the molecule is Cc1ccc(S)cc1.O=CCCC(=O)O. The van der Waals surface area contributed by atoms with E-state index in [-0.39, 0.29) is 12.8 Å². The smallest absolute Gasteiger partial charge is 0.303 e. The van der Waals surface area contributed by atoms with Gasteiger partial charge in [0.2, 0.25) is 0 Å². The molecule has 0 aliphatic heterocycles. The number of carboxylic acid groups (broad SMARTS) is 1. The zero-order valence-electron chi connectivity index (χ0n) is 8.51. The molecule has 0 atom stereocenters. The van der Waals surface area contributed by atoms with E-state index in [4.69, 9.17) is 5.11 Å². The molecule has 1 aromatic carbocycles. The van der Waals surface area contributed by atoms with Gasteiger partial charge in [-0.2, -0.15) is 0 Å². The van der Waals surface area contributed by atoms with E-state index in [9.17, 15) is 9.59 Å². The lowest BCUT2D eigenvalue weighted by Gasteiger charge is -1.89. The van der Waals surface area contributed by atoms with Crippen molar-refractivity contribution in [3.63, 3.8) is 0 Å². The Kier molecular flexibility index (Phi) is 7.36. The van der Waals surface area contributed by atoms with Crippen molar-refractivity contribution in [1.29, 1.82) is 0 Å². The normalized spacial score (nSPS) is 8.67. The maximum absolute atomic E-state index is 9.60. The van der Waals surface area contributed by atoms with E-state index in [1.807, 2.05) is 24.3 Å². The molecule has 0 heterocycles. The molecule has 0 aromatic heterocycles. The Bertz CT molecular complexity index is 285. The van der Waals surface area contributed by atoms with Crippen LogP contribution in [0.1, 0.15) is 18.4 Å². The van der Waals surface area contributed by atoms with Gasteiger partial charge < -0.3 is 9.90 Å². The van der Waals surface area contributed by atoms with Gasteiger partial charge in [0.15, 0.2) is 0 Å². The second kappa shape index (κ2) is 8.05. The minimum Gasteiger partial charge on any atom is -0.481 e. The zero-order valence-corrected chi connectivity index (χ0v) is 9.41. The van der Waals surface area contributed by atoms with E-state index >= 15 is 0 Å². The summed E-state index contributed by atoms with van der Waals surface area (Å²) in [5.41, 5.74) is 1.28. The van der Waals surface area contributed by atoms with E-state index in [0.717, 1.165) is 4.90 Å². The summed E-state index contributed by atoms with van der Waals surface area (Å²) < 4.78 is 0. The van der Waals surface area contributed by atoms with Crippen LogP contribution in [-0.4, -0.2) is 17.4 Å². The maximum atomic E-state index is 9.60. The molecule has 0 fully saturated rings. The molecule has 0 saturated heterocycles. The van der Waals surface area contributed by atoms with Gasteiger partial charge in [-0.3, -0.25) is 4.79 Å². The first-order valence-corrected chi connectivity index (χ1v) is 4.92. The molecule has 0 spiro atoms. The molecule has 1 aromatic rings. The Hall–Kier alpha value is -1.29. The molecule has 15 heavy (non-hydrogen) atoms. The molecule has 4 heteroatoms. The average molecular weight is 226 g/mol. The van der Waals surface area contributed by atoms with Gasteiger partial charge in [-0.05, 0) is 19.1 Å². The number of aliphatic carboxylic acids is 1. The number of carbonyl (C=O) groups excluding carboxylic acids is 1. The number of carboxylic acids is 1. The van der Waals surface area contributed by atoms with Crippen molar-refractivity contribution in [3.05, 3.63) is 29.8 Å². The Morgan fingerprint density at radius 3 is 2.20 bits per heavy atom. The first-order chi connectivity index (χ1) is 7.06. The summed E-state index contributed by atoms with van der Waals surface area (Å²) in [4.78, 5) is 20.1. The predicted octanol–water partition coefficient (Wildman–Crippen LogP) is 2.33. The summed E-state index contributed by atoms with van der Waals surface area (Å²) in [7, 11) is 0. The van der Waals surface area contributed by atoms with E-state index in [1.54, 1.807) is 0 Å². The number of carbonyl (C=O) groups is 2. The van der Waals surface area contributed by atoms with Crippen LogP contribution in [0.15, 0.2) is 29.2 Å². The number of hydrogen-bond donors (Lipinski definition) is 2. The van der Waals surface area contributed by atoms with E-state index in [2.05, 4.69) is 19.6 Å². The van der Waals surface area contributed by atoms with Crippen LogP contribution in [-0.2, 0) is 9.59 Å². The van der Waals surface area contributed by atoms with Gasteiger partial charge >= 0.3 is 5.97 Å². The fourth-order valence-electron chi connectivity index (χ4n) is 0.727. The molecule has 0 saturated carbocycles. The summed E-state index contributed by atoms with van der Waals surface area (Å²) in [5, 5.41) is 7.89. The fourth-order valence-corrected chi connectivity index (χ4v) is 0.876. The number of aryl methyl sites for hydroxylation is 1. The van der Waals surface area contributed by atoms with Crippen LogP contribution in [0.3, 0.4) is 0 Å². The Balaban J connectivity index is 0.000000265. The average Bonchev–Trinajstić information content (AvgIpc) is 2.20. The molecular formula is C11H14O3S. The molecule has 82 valence electrons. The third kappa shape index (κ3) is 9.02. The van der Waals surface area contributed by atoms with Gasteiger partial charge in [0.25, 0.3) is 0 Å². The third-order valence-electron chi connectivity index (χ3n) is 1.51. The third-order valence-corrected chi connectivity index (χ3v) is 1.81. The fraction of sp³-hybridized carbons (Fsp3) is 0.273. The lowest BCUT2D eigenvalue weighted by Crippen LogP contribution is -1.93. The lowest BCUT2D eigenvalue weighted by atomic mass is 10.2. The Morgan fingerprint density at radius 1 is 1.40 bits per heavy atom. The highest BCUT2D eigenvalue weighted by molar-refractivity contribution is 7.80. The second-order valence-corrected chi connectivity index (χ2v) is 3.45. The predicted molar refractivity (Wildman–Crippen MR) is 61.4 cm³/mol. The minimum absolute atomic E-state index is 0.0521. The van der Waals surface area contributed by atoms with E-state index in [0.29, 0.717) is 6.29 Å². The monoisotopic (exact) mass is 226 g/mol. The van der Waals surface area contributed by atoms with Gasteiger partial charge in [-0.1, -0.05) is 17.7 Å². The Morgan fingerprint density at radius 2 is 1.93 bits per heavy atom. The van der Waals surface area contributed by atoms with Crippen LogP contribution < -0.4 is 0 Å². The molecule has 0 amide bonds. The highest BCUT2D eigenvalue weighted by Gasteiger charge is 1.91. The van der Waals surface area contributed by atoms with Crippen LogP contribution >= 0.6 is 12.6 Å². The quantitative estimate of drug-likeness (QED) is 0.614. The zero-order chi connectivity index (χ0) is 11.7. The van der Waals surface area contributed by atoms with Gasteiger partial charge in [-0.15, -0.1) is 12.6 Å². The van der Waals surface area contributed by atoms with Crippen LogP contribution in [0.2, 0.25) is 0 Å². The first-order valence-electron chi connectivity index (χ1n) is 4.47. The molecular weight excluding hydrogens is 212 g/mol. The van der Waals surface area contributed by atoms with Crippen LogP contribution in [0.4, 0.5) is 0 Å². The van der Waals surface area contributed by atoms with Gasteiger partial charge in [-0.25, -0.2) is 0 Å². The van der Waals surface area contributed by atoms with Crippen molar-refractivity contribution < 1.29 is 14.7 Å². The van der Waals surface area contributed by atoms with Crippen molar-refractivity contribution in [3.8, 4) is 0 Å². The maximum Gasteiger partial charge on any atom is 0.303 e. The number of thiol groups is 1. The second-order valence-electron chi connectivity index (χ2n) is 2.93. The lowest BCUT2D eigenvalue weighted by molar-refractivity contribution is -0.137. The summed E-state index contributed by atoms with van der Waals surface area (Å²) in [6, 6.07) is 8.06. The molecule has 0 bridgehead atoms. The summed E-state index contributed by atoms with van der Waals surface area (Å²) >= 11 is 4.13. The van der Waals surface area contributed by atoms with Gasteiger partial charge in [0.1, 0.15) is 6.29 Å². The minimum atomic E-state index is -0.924. The number of rotatable bonds is 3. The summed E-state index contributed by atoms with van der Waals surface area (Å²) in [5.74, 6) is -0.924.